The Balaban J connectivity index is 1.60. The monoisotopic (exact) mass is 516 g/mol. The lowest BCUT2D eigenvalue weighted by molar-refractivity contribution is -0.134. The van der Waals surface area contributed by atoms with Gasteiger partial charge in [-0.1, -0.05) is 37.3 Å². The Labute approximate surface area is 224 Å². The summed E-state index contributed by atoms with van der Waals surface area (Å²) in [6.07, 6.45) is 3.05. The number of likely N-dealkylation sites (N-methyl/N-ethyl adjacent to an activating group) is 1. The van der Waals surface area contributed by atoms with Crippen molar-refractivity contribution in [1.82, 2.24) is 14.8 Å². The largest absolute Gasteiger partial charge is 0.488 e. The molecule has 0 saturated heterocycles. The number of fused-ring (bicyclic) bond motifs is 1. The molecule has 1 aliphatic rings. The van der Waals surface area contributed by atoms with E-state index in [0.29, 0.717) is 35.7 Å². The van der Waals surface area contributed by atoms with Gasteiger partial charge in [0, 0.05) is 54.8 Å². The highest BCUT2D eigenvalue weighted by molar-refractivity contribution is 6.04. The summed E-state index contributed by atoms with van der Waals surface area (Å²) in [7, 11) is 2.06. The zero-order valence-corrected chi connectivity index (χ0v) is 22.2. The van der Waals surface area contributed by atoms with Crippen LogP contribution in [0.15, 0.2) is 73.1 Å². The van der Waals surface area contributed by atoms with E-state index >= 15 is 0 Å². The Morgan fingerprint density at radius 3 is 2.63 bits per heavy atom. The molecule has 2 N–H and O–H groups in total. The van der Waals surface area contributed by atoms with Gasteiger partial charge in [0.05, 0.1) is 19.1 Å². The van der Waals surface area contributed by atoms with Crippen LogP contribution >= 0.6 is 0 Å². The van der Waals surface area contributed by atoms with Crippen LogP contribution in [0.3, 0.4) is 0 Å². The lowest BCUT2D eigenvalue weighted by Gasteiger charge is -2.34. The predicted molar refractivity (Wildman–Crippen MR) is 147 cm³/mol. The number of rotatable bonds is 8. The van der Waals surface area contributed by atoms with E-state index in [1.807, 2.05) is 31.2 Å². The Morgan fingerprint density at radius 1 is 1.18 bits per heavy atom. The number of aromatic nitrogens is 1. The summed E-state index contributed by atoms with van der Waals surface area (Å²) in [5.74, 6) is 0.304. The second-order valence-electron chi connectivity index (χ2n) is 10.1. The molecule has 2 amide bonds. The summed E-state index contributed by atoms with van der Waals surface area (Å²) in [5.41, 5.74) is 2.98. The van der Waals surface area contributed by atoms with Crippen molar-refractivity contribution in [3.05, 3.63) is 89.7 Å². The maximum absolute atomic E-state index is 13.4. The first-order valence-corrected chi connectivity index (χ1v) is 13.0. The molecule has 1 aliphatic heterocycles. The number of carbonyl (C=O) groups is 2. The first-order chi connectivity index (χ1) is 18.3. The number of ether oxygens (including phenoxy) is 1. The fraction of sp³-hybridized carbons (Fsp3) is 0.367. The van der Waals surface area contributed by atoms with E-state index in [-0.39, 0.29) is 42.9 Å². The van der Waals surface area contributed by atoms with E-state index in [0.717, 1.165) is 6.54 Å². The molecule has 1 aromatic heterocycles. The molecule has 4 rings (SSSR count). The maximum Gasteiger partial charge on any atom is 0.255 e. The van der Waals surface area contributed by atoms with Crippen LogP contribution in [0.1, 0.15) is 35.3 Å². The number of benzene rings is 2. The number of aliphatic hydroxyl groups is 1. The molecule has 0 bridgehead atoms. The van der Waals surface area contributed by atoms with Crippen LogP contribution in [0, 0.1) is 5.92 Å². The number of nitrogens with zero attached hydrogens (tertiary/aromatic N) is 3. The van der Waals surface area contributed by atoms with Crippen LogP contribution in [0.2, 0.25) is 0 Å². The van der Waals surface area contributed by atoms with Crippen molar-refractivity contribution in [2.75, 3.05) is 32.1 Å². The van der Waals surface area contributed by atoms with Gasteiger partial charge in [-0.25, -0.2) is 0 Å². The van der Waals surface area contributed by atoms with Crippen LogP contribution in [-0.4, -0.2) is 70.6 Å². The zero-order valence-electron chi connectivity index (χ0n) is 22.2. The molecule has 2 aromatic carbocycles. The van der Waals surface area contributed by atoms with Crippen LogP contribution < -0.4 is 10.1 Å². The van der Waals surface area contributed by atoms with Gasteiger partial charge in [0.25, 0.3) is 5.91 Å². The summed E-state index contributed by atoms with van der Waals surface area (Å²) in [6, 6.07) is 18.7. The minimum Gasteiger partial charge on any atom is -0.488 e. The third-order valence-corrected chi connectivity index (χ3v) is 6.90. The van der Waals surface area contributed by atoms with Crippen molar-refractivity contribution >= 4 is 17.5 Å². The molecule has 0 fully saturated rings. The normalized spacial score (nSPS) is 18.6. The van der Waals surface area contributed by atoms with E-state index in [4.69, 9.17) is 4.74 Å². The molecule has 0 saturated carbocycles. The molecule has 0 spiro atoms. The molecule has 200 valence electrons. The lowest BCUT2D eigenvalue weighted by atomic mass is 10.0. The molecule has 2 heterocycles. The molecule has 0 radical (unpaired) electrons. The van der Waals surface area contributed by atoms with Crippen molar-refractivity contribution in [2.45, 2.75) is 39.0 Å². The third-order valence-electron chi connectivity index (χ3n) is 6.90. The number of pyridine rings is 1. The molecule has 8 heteroatoms. The van der Waals surface area contributed by atoms with Gasteiger partial charge in [-0.05, 0) is 49.9 Å². The van der Waals surface area contributed by atoms with Gasteiger partial charge in [0.2, 0.25) is 5.91 Å². The highest BCUT2D eigenvalue weighted by atomic mass is 16.5. The van der Waals surface area contributed by atoms with Crippen molar-refractivity contribution in [1.29, 1.82) is 0 Å². The number of amides is 2. The molecule has 0 unspecified atom stereocenters. The summed E-state index contributed by atoms with van der Waals surface area (Å²) in [5, 5.41) is 12.8. The van der Waals surface area contributed by atoms with Crippen molar-refractivity contribution in [3.8, 4) is 5.75 Å². The van der Waals surface area contributed by atoms with Crippen LogP contribution in [0.5, 0.6) is 5.75 Å². The minimum absolute atomic E-state index is 0.0168. The van der Waals surface area contributed by atoms with Crippen molar-refractivity contribution in [2.24, 2.45) is 5.92 Å². The van der Waals surface area contributed by atoms with E-state index in [2.05, 4.69) is 41.3 Å². The van der Waals surface area contributed by atoms with Crippen LogP contribution in [0.4, 0.5) is 5.69 Å². The second-order valence-corrected chi connectivity index (χ2v) is 10.1. The first kappa shape index (κ1) is 27.3. The standard InChI is InChI=1S/C30H36N4O4/c1-21-17-34(22(2)20-35)29(36)16-25-15-26(32-30(37)24-11-13-31-14-12-24)9-10-27(25)38-28(21)19-33(3)18-23-7-5-4-6-8-23/h4-15,21-22,28,35H,16-20H2,1-3H3,(H,32,37)/t21-,22+,28+/m0/s1. The number of hydrogen-bond acceptors (Lipinski definition) is 6. The molecule has 8 nitrogen and oxygen atoms in total. The third kappa shape index (κ3) is 6.96. The predicted octanol–water partition coefficient (Wildman–Crippen LogP) is 3.61. The first-order valence-electron chi connectivity index (χ1n) is 13.0. The van der Waals surface area contributed by atoms with E-state index in [9.17, 15) is 14.7 Å². The minimum atomic E-state index is -0.316. The quantitative estimate of drug-likeness (QED) is 0.475. The molecule has 3 aromatic rings. The van der Waals surface area contributed by atoms with E-state index < -0.39 is 0 Å². The Bertz CT molecular complexity index is 1220. The Morgan fingerprint density at radius 2 is 1.92 bits per heavy atom. The highest BCUT2D eigenvalue weighted by Crippen LogP contribution is 2.29. The summed E-state index contributed by atoms with van der Waals surface area (Å²) >= 11 is 0. The van der Waals surface area contributed by atoms with E-state index in [1.54, 1.807) is 41.6 Å². The number of anilines is 1. The smallest absolute Gasteiger partial charge is 0.255 e. The van der Waals surface area contributed by atoms with Crippen LogP contribution in [0.25, 0.3) is 0 Å². The maximum atomic E-state index is 13.4. The SMILES string of the molecule is C[C@H](CO)N1C[C@H](C)[C@@H](CN(C)Cc2ccccc2)Oc2ccc(NC(=O)c3ccncc3)cc2CC1=O. The number of nitrogens with one attached hydrogen (secondary N) is 1. The van der Waals surface area contributed by atoms with E-state index in [1.165, 1.54) is 5.56 Å². The average Bonchev–Trinajstić information content (AvgIpc) is 2.97. The molecule has 38 heavy (non-hydrogen) atoms. The number of carbonyl (C=O) groups excluding carboxylic acids is 2. The number of aliphatic hydroxyl groups excluding tert-OH is 1. The topological polar surface area (TPSA) is 95.0 Å². The fourth-order valence-electron chi connectivity index (χ4n) is 4.70. The van der Waals surface area contributed by atoms with Crippen LogP contribution in [-0.2, 0) is 17.8 Å². The van der Waals surface area contributed by atoms with Gasteiger partial charge in [0.1, 0.15) is 11.9 Å². The molecular formula is C30H36N4O4. The van der Waals surface area contributed by atoms with Gasteiger partial charge >= 0.3 is 0 Å². The highest BCUT2D eigenvalue weighted by Gasteiger charge is 2.31. The number of hydrogen-bond donors (Lipinski definition) is 2. The lowest BCUT2D eigenvalue weighted by Crippen LogP contribution is -2.47. The molecular weight excluding hydrogens is 480 g/mol. The van der Waals surface area contributed by atoms with Crippen molar-refractivity contribution < 1.29 is 19.4 Å². The van der Waals surface area contributed by atoms with Gasteiger partial charge in [0.15, 0.2) is 0 Å². The zero-order chi connectivity index (χ0) is 27.1. The second kappa shape index (κ2) is 12.7. The molecule has 0 aliphatic carbocycles. The Kier molecular flexibility index (Phi) is 9.10. The average molecular weight is 517 g/mol. The molecule has 3 atom stereocenters. The van der Waals surface area contributed by atoms with Gasteiger partial charge in [-0.3, -0.25) is 19.5 Å². The van der Waals surface area contributed by atoms with Crippen molar-refractivity contribution in [3.63, 3.8) is 0 Å². The summed E-state index contributed by atoms with van der Waals surface area (Å²) < 4.78 is 6.59. The van der Waals surface area contributed by atoms with Gasteiger partial charge in [-0.2, -0.15) is 0 Å². The summed E-state index contributed by atoms with van der Waals surface area (Å²) in [4.78, 5) is 34.0. The van der Waals surface area contributed by atoms with Gasteiger partial charge < -0.3 is 20.1 Å². The summed E-state index contributed by atoms with van der Waals surface area (Å²) in [6.45, 7) is 5.73. The van der Waals surface area contributed by atoms with Gasteiger partial charge in [-0.15, -0.1) is 0 Å². The fourth-order valence-corrected chi connectivity index (χ4v) is 4.70. The Hall–Kier alpha value is -3.75.